The second kappa shape index (κ2) is 9.83. The molecule has 1 heterocycles. The van der Waals surface area contributed by atoms with Gasteiger partial charge in [0.05, 0.1) is 21.3 Å². The summed E-state index contributed by atoms with van der Waals surface area (Å²) in [5, 5.41) is 0.406. The summed E-state index contributed by atoms with van der Waals surface area (Å²) in [4.78, 5) is 14.8. The molecule has 3 rings (SSSR count). The highest BCUT2D eigenvalue weighted by atomic mass is 32.2. The number of hydrogen-bond acceptors (Lipinski definition) is 6. The van der Waals surface area contributed by atoms with Gasteiger partial charge in [-0.3, -0.25) is 4.79 Å². The number of nitrogens with zero attached hydrogens (tertiary/aromatic N) is 1. The number of piperidine rings is 1. The van der Waals surface area contributed by atoms with Gasteiger partial charge in [-0.25, -0.2) is 0 Å². The van der Waals surface area contributed by atoms with Crippen LogP contribution >= 0.6 is 24.0 Å². The van der Waals surface area contributed by atoms with Gasteiger partial charge in [0.1, 0.15) is 0 Å². The maximum atomic E-state index is 12.8. The van der Waals surface area contributed by atoms with Crippen molar-refractivity contribution in [1.29, 1.82) is 0 Å². The van der Waals surface area contributed by atoms with Gasteiger partial charge in [-0.1, -0.05) is 24.2 Å². The van der Waals surface area contributed by atoms with Crippen LogP contribution in [0.5, 0.6) is 11.5 Å². The van der Waals surface area contributed by atoms with Gasteiger partial charge in [0, 0.05) is 24.8 Å². The fourth-order valence-electron chi connectivity index (χ4n) is 4.39. The maximum Gasteiger partial charge on any atom is 0.222 e. The molecule has 1 amide bonds. The van der Waals surface area contributed by atoms with Crippen LogP contribution in [0.3, 0.4) is 0 Å². The molecule has 0 bridgehead atoms. The second-order valence-corrected chi connectivity index (χ2v) is 9.29. The number of fused-ring (bicyclic) bond motifs is 1. The van der Waals surface area contributed by atoms with Crippen LogP contribution < -0.4 is 9.47 Å². The quantitative estimate of drug-likeness (QED) is 0.646. The van der Waals surface area contributed by atoms with Crippen LogP contribution in [0.25, 0.3) is 0 Å². The Morgan fingerprint density at radius 3 is 2.71 bits per heavy atom. The summed E-state index contributed by atoms with van der Waals surface area (Å²) >= 11 is 6.88. The zero-order chi connectivity index (χ0) is 20.1. The summed E-state index contributed by atoms with van der Waals surface area (Å²) in [5.41, 5.74) is 1.15. The van der Waals surface area contributed by atoms with Crippen molar-refractivity contribution in [2.24, 2.45) is 11.8 Å². The normalized spacial score (nSPS) is 24.5. The molecule has 1 aliphatic heterocycles. The van der Waals surface area contributed by atoms with E-state index >= 15 is 0 Å². The van der Waals surface area contributed by atoms with Crippen LogP contribution in [-0.4, -0.2) is 54.9 Å². The van der Waals surface area contributed by atoms with E-state index in [9.17, 15) is 4.79 Å². The van der Waals surface area contributed by atoms with Gasteiger partial charge in [0.2, 0.25) is 10.3 Å². The minimum Gasteiger partial charge on any atom is -0.493 e. The molecule has 2 fully saturated rings. The molecule has 1 aromatic carbocycles. The number of rotatable bonds is 6. The molecule has 2 aliphatic rings. The average Bonchev–Trinajstić information content (AvgIpc) is 2.72. The first-order chi connectivity index (χ1) is 13.5. The van der Waals surface area contributed by atoms with Crippen molar-refractivity contribution >= 4 is 34.3 Å². The number of hydrogen-bond donors (Lipinski definition) is 0. The Morgan fingerprint density at radius 2 is 2.00 bits per heavy atom. The molecule has 0 radical (unpaired) electrons. The Balaban J connectivity index is 1.60. The lowest BCUT2D eigenvalue weighted by atomic mass is 9.74. The van der Waals surface area contributed by atoms with Crippen molar-refractivity contribution in [2.45, 2.75) is 37.4 Å². The fraction of sp³-hybridized carbons (Fsp3) is 0.619. The maximum absolute atomic E-state index is 12.8. The minimum atomic E-state index is 0.262. The highest BCUT2D eigenvalue weighted by molar-refractivity contribution is 8.23. The Hall–Kier alpha value is -1.47. The van der Waals surface area contributed by atoms with Crippen LogP contribution in [-0.2, 0) is 16.0 Å². The number of benzene rings is 1. The Kier molecular flexibility index (Phi) is 7.46. The number of methoxy groups -OCH3 is 3. The third kappa shape index (κ3) is 4.92. The van der Waals surface area contributed by atoms with E-state index in [1.54, 1.807) is 33.1 Å². The largest absolute Gasteiger partial charge is 0.493 e. The summed E-state index contributed by atoms with van der Waals surface area (Å²) in [6.07, 6.45) is 4.95. The number of ether oxygens (including phenoxy) is 3. The smallest absolute Gasteiger partial charge is 0.222 e. The van der Waals surface area contributed by atoms with Crippen LogP contribution in [0, 0.1) is 11.8 Å². The van der Waals surface area contributed by atoms with Crippen LogP contribution in [0.1, 0.15) is 31.2 Å². The number of likely N-dealkylation sites (tertiary alicyclic amines) is 1. The number of carbonyl (C=O) groups is 1. The molecule has 3 atom stereocenters. The van der Waals surface area contributed by atoms with Gasteiger partial charge in [-0.15, -0.1) is 0 Å². The first kappa shape index (κ1) is 21.2. The monoisotopic (exact) mass is 423 g/mol. The van der Waals surface area contributed by atoms with E-state index < -0.39 is 0 Å². The van der Waals surface area contributed by atoms with Gasteiger partial charge in [-0.2, -0.15) is 0 Å². The van der Waals surface area contributed by atoms with Gasteiger partial charge in [0.25, 0.3) is 0 Å². The van der Waals surface area contributed by atoms with Gasteiger partial charge < -0.3 is 19.1 Å². The van der Waals surface area contributed by atoms with Crippen molar-refractivity contribution < 1.29 is 19.0 Å². The minimum absolute atomic E-state index is 0.262. The van der Waals surface area contributed by atoms with Crippen molar-refractivity contribution in [1.82, 2.24) is 4.90 Å². The molecule has 1 aliphatic carbocycles. The van der Waals surface area contributed by atoms with E-state index in [0.717, 1.165) is 43.0 Å². The zero-order valence-corrected chi connectivity index (χ0v) is 18.4. The molecule has 154 valence electrons. The van der Waals surface area contributed by atoms with Crippen molar-refractivity contribution in [3.8, 4) is 11.5 Å². The summed E-state index contributed by atoms with van der Waals surface area (Å²) in [7, 11) is 4.90. The molecule has 7 heteroatoms. The van der Waals surface area contributed by atoms with Gasteiger partial charge in [0.15, 0.2) is 11.5 Å². The van der Waals surface area contributed by atoms with Gasteiger partial charge in [-0.05, 0) is 61.0 Å². The highest BCUT2D eigenvalue weighted by Crippen LogP contribution is 2.42. The third-order valence-electron chi connectivity index (χ3n) is 5.90. The predicted molar refractivity (Wildman–Crippen MR) is 116 cm³/mol. The Morgan fingerprint density at radius 1 is 1.21 bits per heavy atom. The second-order valence-electron chi connectivity index (χ2n) is 7.45. The summed E-state index contributed by atoms with van der Waals surface area (Å²) < 4.78 is 16.5. The van der Waals surface area contributed by atoms with Crippen LogP contribution in [0.2, 0.25) is 0 Å². The lowest BCUT2D eigenvalue weighted by Crippen LogP contribution is -2.49. The highest BCUT2D eigenvalue weighted by Gasteiger charge is 2.41. The number of amides is 1. The molecular formula is C21H29NO4S2. The van der Waals surface area contributed by atoms with E-state index in [2.05, 4.69) is 0 Å². The van der Waals surface area contributed by atoms with E-state index in [1.807, 2.05) is 23.1 Å². The standard InChI is InChI=1S/C21H29NO4S2/c1-24-17-8-7-14(11-18(17)25-2)9-10-22-13-15-5-4-6-19(28-21(27)26-3)16(15)12-20(22)23/h7-8,11,15-16,19H,4-6,9-10,12-13H2,1-3H3/t15-,16+,19-/m1/s1. The van der Waals surface area contributed by atoms with Crippen molar-refractivity contribution in [3.05, 3.63) is 23.8 Å². The third-order valence-corrected chi connectivity index (χ3v) is 7.60. The topological polar surface area (TPSA) is 48.0 Å². The van der Waals surface area contributed by atoms with Crippen LogP contribution in [0.4, 0.5) is 0 Å². The SMILES string of the molecule is COC(=S)S[C@@H]1CCC[C@@H]2CN(CCc3ccc(OC)c(OC)c3)C(=O)C[C@@H]21. The number of carbonyl (C=O) groups excluding carboxylic acids is 1. The van der Waals surface area contributed by atoms with E-state index in [0.29, 0.717) is 27.9 Å². The predicted octanol–water partition coefficient (Wildman–Crippen LogP) is 3.93. The molecule has 1 saturated carbocycles. The zero-order valence-electron chi connectivity index (χ0n) is 16.8. The molecule has 0 aromatic heterocycles. The van der Waals surface area contributed by atoms with Crippen molar-refractivity contribution in [2.75, 3.05) is 34.4 Å². The molecule has 0 N–H and O–H groups in total. The molecule has 0 unspecified atom stereocenters. The summed E-state index contributed by atoms with van der Waals surface area (Å²) in [6, 6.07) is 5.95. The lowest BCUT2D eigenvalue weighted by Gasteiger charge is -2.44. The molecule has 5 nitrogen and oxygen atoms in total. The summed E-state index contributed by atoms with van der Waals surface area (Å²) in [6.45, 7) is 1.60. The fourth-order valence-corrected chi connectivity index (χ4v) is 5.88. The van der Waals surface area contributed by atoms with Crippen molar-refractivity contribution in [3.63, 3.8) is 0 Å². The van der Waals surface area contributed by atoms with E-state index in [4.69, 9.17) is 26.4 Å². The number of thiocarbonyl (C=S) groups is 1. The van der Waals surface area contributed by atoms with E-state index in [-0.39, 0.29) is 5.91 Å². The molecule has 28 heavy (non-hydrogen) atoms. The lowest BCUT2D eigenvalue weighted by molar-refractivity contribution is -0.137. The average molecular weight is 424 g/mol. The van der Waals surface area contributed by atoms with Crippen LogP contribution in [0.15, 0.2) is 18.2 Å². The molecule has 1 saturated heterocycles. The molecule has 1 aromatic rings. The molecular weight excluding hydrogens is 394 g/mol. The first-order valence-electron chi connectivity index (χ1n) is 9.79. The van der Waals surface area contributed by atoms with E-state index in [1.165, 1.54) is 12.8 Å². The Labute approximate surface area is 177 Å². The first-order valence-corrected chi connectivity index (χ1v) is 11.1. The van der Waals surface area contributed by atoms with Gasteiger partial charge >= 0.3 is 0 Å². The number of thioether (sulfide) groups is 1. The Bertz CT molecular complexity index is 712. The molecule has 0 spiro atoms. The summed E-state index contributed by atoms with van der Waals surface area (Å²) in [5.74, 6) is 2.69.